The van der Waals surface area contributed by atoms with Crippen LogP contribution in [-0.2, 0) is 16.0 Å². The average molecular weight is 344 g/mol. The molecule has 0 saturated heterocycles. The first-order valence-corrected chi connectivity index (χ1v) is 7.91. The maximum absolute atomic E-state index is 12.3. The molecule has 1 aromatic carbocycles. The highest BCUT2D eigenvalue weighted by molar-refractivity contribution is 5.99. The number of aromatic nitrogens is 1. The van der Waals surface area contributed by atoms with Crippen molar-refractivity contribution in [2.24, 2.45) is 0 Å². The number of Topliss-reactive ketones (excluding diaryl/α,β-unsaturated/α-hetero) is 1. The van der Waals surface area contributed by atoms with E-state index in [1.807, 2.05) is 6.92 Å². The molecule has 1 N–H and O–H groups in total. The minimum atomic E-state index is -1.02. The largest absolute Gasteiger partial charge is 0.449 e. The SMILES string of the molecule is CCc1noc(C)c1C(=O)O[C@H](C)C(=O)Nc1cccc(C(C)=O)c1. The third-order valence-corrected chi connectivity index (χ3v) is 3.66. The molecule has 2 rings (SSSR count). The molecule has 0 unspecified atom stereocenters. The predicted octanol–water partition coefficient (Wildman–Crippen LogP) is 2.93. The molecule has 1 aromatic heterocycles. The molecule has 7 nitrogen and oxygen atoms in total. The van der Waals surface area contributed by atoms with Gasteiger partial charge in [-0.05, 0) is 39.3 Å². The Morgan fingerprint density at radius 3 is 2.68 bits per heavy atom. The summed E-state index contributed by atoms with van der Waals surface area (Å²) in [5, 5.41) is 6.42. The van der Waals surface area contributed by atoms with Crippen molar-refractivity contribution in [2.45, 2.75) is 40.2 Å². The second kappa shape index (κ2) is 7.74. The van der Waals surface area contributed by atoms with Gasteiger partial charge in [-0.1, -0.05) is 24.2 Å². The van der Waals surface area contributed by atoms with E-state index < -0.39 is 18.0 Å². The van der Waals surface area contributed by atoms with E-state index >= 15 is 0 Å². The number of nitrogens with zero attached hydrogens (tertiary/aromatic N) is 1. The van der Waals surface area contributed by atoms with Crippen LogP contribution < -0.4 is 5.32 Å². The fourth-order valence-electron chi connectivity index (χ4n) is 2.25. The second-order valence-electron chi connectivity index (χ2n) is 5.59. The smallest absolute Gasteiger partial charge is 0.344 e. The number of ether oxygens (including phenoxy) is 1. The number of hydrogen-bond acceptors (Lipinski definition) is 6. The van der Waals surface area contributed by atoms with Crippen LogP contribution in [0.2, 0.25) is 0 Å². The Bertz CT molecular complexity index is 810. The molecule has 1 heterocycles. The standard InChI is InChI=1S/C18H20N2O5/c1-5-15-16(11(3)25-20-15)18(23)24-12(4)17(22)19-14-8-6-7-13(9-14)10(2)21/h6-9,12H,5H2,1-4H3,(H,19,22)/t12-/m1/s1. The van der Waals surface area contributed by atoms with Crippen LogP contribution in [0.3, 0.4) is 0 Å². The predicted molar refractivity (Wildman–Crippen MR) is 90.6 cm³/mol. The van der Waals surface area contributed by atoms with Gasteiger partial charge in [0.25, 0.3) is 5.91 Å². The fourth-order valence-corrected chi connectivity index (χ4v) is 2.25. The number of amides is 1. The molecule has 0 fully saturated rings. The van der Waals surface area contributed by atoms with Crippen molar-refractivity contribution >= 4 is 23.3 Å². The van der Waals surface area contributed by atoms with Crippen LogP contribution in [0.1, 0.15) is 52.9 Å². The van der Waals surface area contributed by atoms with Crippen LogP contribution in [0.4, 0.5) is 5.69 Å². The van der Waals surface area contributed by atoms with Gasteiger partial charge < -0.3 is 14.6 Å². The topological polar surface area (TPSA) is 98.5 Å². The van der Waals surface area contributed by atoms with E-state index in [1.54, 1.807) is 31.2 Å². The number of hydrogen-bond donors (Lipinski definition) is 1. The molecule has 0 radical (unpaired) electrons. The first-order chi connectivity index (χ1) is 11.8. The van der Waals surface area contributed by atoms with Gasteiger partial charge in [0.15, 0.2) is 11.9 Å². The molecule has 0 spiro atoms. The van der Waals surface area contributed by atoms with Gasteiger partial charge in [0.2, 0.25) is 0 Å². The highest BCUT2D eigenvalue weighted by atomic mass is 16.5. The molecule has 0 aliphatic heterocycles. The molecule has 1 atom stereocenters. The van der Waals surface area contributed by atoms with Gasteiger partial charge in [-0.25, -0.2) is 4.79 Å². The van der Waals surface area contributed by atoms with Crippen LogP contribution in [0.15, 0.2) is 28.8 Å². The number of carbonyl (C=O) groups excluding carboxylic acids is 3. The molecule has 7 heteroatoms. The molecular formula is C18H20N2O5. The van der Waals surface area contributed by atoms with E-state index in [1.165, 1.54) is 13.8 Å². The zero-order valence-corrected chi connectivity index (χ0v) is 14.6. The van der Waals surface area contributed by atoms with Crippen molar-refractivity contribution in [2.75, 3.05) is 5.32 Å². The summed E-state index contributed by atoms with van der Waals surface area (Å²) < 4.78 is 10.2. The van der Waals surface area contributed by atoms with Gasteiger partial charge in [-0.15, -0.1) is 0 Å². The fraction of sp³-hybridized carbons (Fsp3) is 0.333. The summed E-state index contributed by atoms with van der Waals surface area (Å²) in [4.78, 5) is 35.9. The summed E-state index contributed by atoms with van der Waals surface area (Å²) in [6, 6.07) is 6.53. The lowest BCUT2D eigenvalue weighted by Gasteiger charge is -2.14. The zero-order chi connectivity index (χ0) is 18.6. The molecule has 0 aliphatic carbocycles. The Morgan fingerprint density at radius 2 is 2.04 bits per heavy atom. The molecule has 0 bridgehead atoms. The highest BCUT2D eigenvalue weighted by Gasteiger charge is 2.25. The van der Waals surface area contributed by atoms with Crippen molar-refractivity contribution < 1.29 is 23.6 Å². The second-order valence-corrected chi connectivity index (χ2v) is 5.59. The minimum absolute atomic E-state index is 0.106. The van der Waals surface area contributed by atoms with E-state index in [2.05, 4.69) is 10.5 Å². The number of benzene rings is 1. The summed E-state index contributed by atoms with van der Waals surface area (Å²) in [5.41, 5.74) is 1.68. The van der Waals surface area contributed by atoms with Crippen molar-refractivity contribution in [3.05, 3.63) is 46.8 Å². The molecule has 0 saturated carbocycles. The Kier molecular flexibility index (Phi) is 5.69. The van der Waals surface area contributed by atoms with E-state index in [0.717, 1.165) is 0 Å². The summed E-state index contributed by atoms with van der Waals surface area (Å²) in [7, 11) is 0. The van der Waals surface area contributed by atoms with Crippen molar-refractivity contribution in [3.63, 3.8) is 0 Å². The van der Waals surface area contributed by atoms with Crippen LogP contribution >= 0.6 is 0 Å². The first kappa shape index (κ1) is 18.4. The number of nitrogens with one attached hydrogen (secondary N) is 1. The third kappa shape index (κ3) is 4.32. The molecule has 2 aromatic rings. The van der Waals surface area contributed by atoms with Crippen LogP contribution in [0, 0.1) is 6.92 Å². The van der Waals surface area contributed by atoms with Crippen LogP contribution in [0.5, 0.6) is 0 Å². The van der Waals surface area contributed by atoms with Crippen LogP contribution in [0.25, 0.3) is 0 Å². The van der Waals surface area contributed by atoms with Gasteiger partial charge in [-0.3, -0.25) is 9.59 Å². The number of anilines is 1. The molecule has 0 aliphatic rings. The first-order valence-electron chi connectivity index (χ1n) is 7.91. The Hall–Kier alpha value is -2.96. The lowest BCUT2D eigenvalue weighted by Crippen LogP contribution is -2.30. The van der Waals surface area contributed by atoms with Gasteiger partial charge in [0, 0.05) is 11.3 Å². The van der Waals surface area contributed by atoms with E-state index in [9.17, 15) is 14.4 Å². The summed E-state index contributed by atoms with van der Waals surface area (Å²) in [5.74, 6) is -0.911. The highest BCUT2D eigenvalue weighted by Crippen LogP contribution is 2.17. The Balaban J connectivity index is 2.05. The molecule has 132 valence electrons. The van der Waals surface area contributed by atoms with Crippen LogP contribution in [-0.4, -0.2) is 28.9 Å². The summed E-state index contributed by atoms with van der Waals surface area (Å²) >= 11 is 0. The Labute approximate surface area is 145 Å². The maximum atomic E-state index is 12.3. The van der Waals surface area contributed by atoms with E-state index in [-0.39, 0.29) is 11.3 Å². The lowest BCUT2D eigenvalue weighted by atomic mass is 10.1. The van der Waals surface area contributed by atoms with Gasteiger partial charge in [0.1, 0.15) is 11.3 Å². The monoisotopic (exact) mass is 344 g/mol. The van der Waals surface area contributed by atoms with E-state index in [0.29, 0.717) is 29.1 Å². The molecular weight excluding hydrogens is 324 g/mol. The molecule has 1 amide bonds. The number of rotatable bonds is 6. The quantitative estimate of drug-likeness (QED) is 0.639. The van der Waals surface area contributed by atoms with Gasteiger partial charge >= 0.3 is 5.97 Å². The summed E-state index contributed by atoms with van der Waals surface area (Å²) in [6.45, 7) is 6.36. The minimum Gasteiger partial charge on any atom is -0.449 e. The normalized spacial score (nSPS) is 11.7. The maximum Gasteiger partial charge on any atom is 0.344 e. The zero-order valence-electron chi connectivity index (χ0n) is 14.6. The number of aryl methyl sites for hydroxylation is 2. The van der Waals surface area contributed by atoms with Crippen molar-refractivity contribution in [3.8, 4) is 0 Å². The van der Waals surface area contributed by atoms with Gasteiger partial charge in [-0.2, -0.15) is 0 Å². The van der Waals surface area contributed by atoms with Gasteiger partial charge in [0.05, 0.1) is 5.69 Å². The third-order valence-electron chi connectivity index (χ3n) is 3.66. The number of ketones is 1. The average Bonchev–Trinajstić information content (AvgIpc) is 2.95. The van der Waals surface area contributed by atoms with E-state index in [4.69, 9.17) is 9.26 Å². The van der Waals surface area contributed by atoms with Crippen molar-refractivity contribution in [1.82, 2.24) is 5.16 Å². The van der Waals surface area contributed by atoms with Crippen molar-refractivity contribution in [1.29, 1.82) is 0 Å². The number of carbonyl (C=O) groups is 3. The Morgan fingerprint density at radius 1 is 1.32 bits per heavy atom. The molecule has 25 heavy (non-hydrogen) atoms. The number of esters is 1. The summed E-state index contributed by atoms with van der Waals surface area (Å²) in [6.07, 6.45) is -0.507. The lowest BCUT2D eigenvalue weighted by molar-refractivity contribution is -0.123.